The Labute approximate surface area is 201 Å². The molecule has 1 saturated heterocycles. The highest BCUT2D eigenvalue weighted by Crippen LogP contribution is 2.37. The van der Waals surface area contributed by atoms with Crippen LogP contribution in [-0.4, -0.2) is 30.6 Å². The van der Waals surface area contributed by atoms with Gasteiger partial charge >= 0.3 is 0 Å². The predicted molar refractivity (Wildman–Crippen MR) is 136 cm³/mol. The van der Waals surface area contributed by atoms with Crippen LogP contribution in [0.4, 0.5) is 0 Å². The molecule has 0 unspecified atom stereocenters. The van der Waals surface area contributed by atoms with E-state index in [0.29, 0.717) is 0 Å². The van der Waals surface area contributed by atoms with Crippen LogP contribution < -0.4 is 14.8 Å². The third kappa shape index (κ3) is 5.88. The van der Waals surface area contributed by atoms with E-state index in [0.717, 1.165) is 63.7 Å². The molecule has 1 aliphatic rings. The van der Waals surface area contributed by atoms with Gasteiger partial charge in [0.1, 0.15) is 29.1 Å². The van der Waals surface area contributed by atoms with Crippen LogP contribution in [0.25, 0.3) is 10.7 Å². The largest absolute Gasteiger partial charge is 0.508 e. The van der Waals surface area contributed by atoms with Crippen LogP contribution in [0.5, 0.6) is 17.2 Å². The molecule has 0 radical (unpaired) electrons. The average Bonchev–Trinajstić information content (AvgIpc) is 2.82. The first kappa shape index (κ1) is 22.8. The van der Waals surface area contributed by atoms with Crippen molar-refractivity contribution in [2.24, 2.45) is 0 Å². The monoisotopic (exact) mass is 511 g/mol. The number of rotatable bonds is 7. The molecule has 0 spiro atoms. The molecular formula is C26H26BrNO3S. The number of piperidine rings is 1. The first-order valence-corrected chi connectivity index (χ1v) is 12.6. The van der Waals surface area contributed by atoms with Gasteiger partial charge in [0.25, 0.3) is 0 Å². The molecule has 4 nitrogen and oxygen atoms in total. The lowest BCUT2D eigenvalue weighted by atomic mass is 10.1. The molecule has 3 aromatic carbocycles. The summed E-state index contributed by atoms with van der Waals surface area (Å²) in [7, 11) is 0. The fraction of sp³-hybridized carbons (Fsp3) is 0.231. The molecule has 0 saturated carbocycles. The van der Waals surface area contributed by atoms with Crippen LogP contribution in [0.1, 0.15) is 24.0 Å². The number of benzene rings is 3. The summed E-state index contributed by atoms with van der Waals surface area (Å²) in [5, 5.41) is 13.1. The van der Waals surface area contributed by atoms with E-state index in [4.69, 9.17) is 9.47 Å². The fourth-order valence-corrected chi connectivity index (χ4v) is 4.58. The zero-order valence-electron chi connectivity index (χ0n) is 17.9. The maximum atomic E-state index is 9.75. The van der Waals surface area contributed by atoms with Crippen molar-refractivity contribution in [1.82, 2.24) is 5.32 Å². The number of hydrogen-bond donors (Lipinski definition) is 2. The minimum Gasteiger partial charge on any atom is -0.508 e. The first-order chi connectivity index (χ1) is 15.6. The Kier molecular flexibility index (Phi) is 7.79. The van der Waals surface area contributed by atoms with Gasteiger partial charge in [-0.25, -0.2) is 0 Å². The van der Waals surface area contributed by atoms with Gasteiger partial charge in [-0.05, 0) is 98.4 Å². The standard InChI is InChI=1S/C26H26BrNO3S/c1-32-26(19-2-6-20(27)7-3-19)25(18-4-8-21(29)9-5-18)31-23-12-10-22(11-13-23)30-24-14-16-28-17-15-24/h2-13,24,28-29H,14-17H2,1H3/b26-25+. The Morgan fingerprint density at radius 2 is 1.47 bits per heavy atom. The smallest absolute Gasteiger partial charge is 0.148 e. The Morgan fingerprint density at radius 1 is 0.875 bits per heavy atom. The Morgan fingerprint density at radius 3 is 2.09 bits per heavy atom. The van der Waals surface area contributed by atoms with E-state index < -0.39 is 0 Å². The van der Waals surface area contributed by atoms with Crippen LogP contribution in [-0.2, 0) is 0 Å². The summed E-state index contributed by atoms with van der Waals surface area (Å²) >= 11 is 5.13. The maximum absolute atomic E-state index is 9.75. The molecule has 0 aromatic heterocycles. The second-order valence-corrected chi connectivity index (χ2v) is 9.29. The number of halogens is 1. The van der Waals surface area contributed by atoms with Gasteiger partial charge in [0.05, 0.1) is 4.91 Å². The number of aromatic hydroxyl groups is 1. The fourth-order valence-electron chi connectivity index (χ4n) is 3.60. The third-order valence-corrected chi connectivity index (χ3v) is 6.64. The van der Waals surface area contributed by atoms with Crippen molar-refractivity contribution in [2.75, 3.05) is 19.3 Å². The molecule has 0 atom stereocenters. The number of thioether (sulfide) groups is 1. The molecule has 32 heavy (non-hydrogen) atoms. The molecule has 2 N–H and O–H groups in total. The van der Waals surface area contributed by atoms with E-state index in [9.17, 15) is 5.11 Å². The number of hydrogen-bond acceptors (Lipinski definition) is 5. The van der Waals surface area contributed by atoms with Crippen molar-refractivity contribution in [3.63, 3.8) is 0 Å². The second kappa shape index (κ2) is 10.9. The molecular weight excluding hydrogens is 486 g/mol. The molecule has 0 amide bonds. The summed E-state index contributed by atoms with van der Waals surface area (Å²) in [5.74, 6) is 2.56. The Bertz CT molecular complexity index is 1040. The summed E-state index contributed by atoms with van der Waals surface area (Å²) in [4.78, 5) is 1.01. The van der Waals surface area contributed by atoms with Crippen molar-refractivity contribution >= 4 is 38.4 Å². The SMILES string of the molecule is CS/C(=C(/Oc1ccc(OC2CCNCC2)cc1)c1ccc(O)cc1)c1ccc(Br)cc1. The van der Waals surface area contributed by atoms with E-state index >= 15 is 0 Å². The van der Waals surface area contributed by atoms with Crippen molar-refractivity contribution in [1.29, 1.82) is 0 Å². The molecule has 1 heterocycles. The molecule has 3 aromatic rings. The van der Waals surface area contributed by atoms with Crippen LogP contribution in [0, 0.1) is 0 Å². The van der Waals surface area contributed by atoms with E-state index in [1.54, 1.807) is 23.9 Å². The minimum atomic E-state index is 0.224. The van der Waals surface area contributed by atoms with Crippen molar-refractivity contribution < 1.29 is 14.6 Å². The zero-order valence-corrected chi connectivity index (χ0v) is 20.3. The van der Waals surface area contributed by atoms with Crippen LogP contribution in [0.15, 0.2) is 77.3 Å². The molecule has 0 bridgehead atoms. The van der Waals surface area contributed by atoms with Crippen LogP contribution >= 0.6 is 27.7 Å². The van der Waals surface area contributed by atoms with E-state index in [1.807, 2.05) is 54.8 Å². The number of phenols is 1. The van der Waals surface area contributed by atoms with Crippen LogP contribution in [0.3, 0.4) is 0 Å². The summed E-state index contributed by atoms with van der Waals surface area (Å²) < 4.78 is 13.6. The van der Waals surface area contributed by atoms with E-state index in [-0.39, 0.29) is 11.9 Å². The Balaban J connectivity index is 1.63. The molecule has 6 heteroatoms. The number of ether oxygens (including phenoxy) is 2. The molecule has 1 fully saturated rings. The van der Waals surface area contributed by atoms with Gasteiger partial charge < -0.3 is 19.9 Å². The molecule has 1 aliphatic heterocycles. The lowest BCUT2D eigenvalue weighted by Crippen LogP contribution is -2.34. The summed E-state index contributed by atoms with van der Waals surface area (Å²) in [5.41, 5.74) is 1.96. The van der Waals surface area contributed by atoms with Gasteiger partial charge in [0.2, 0.25) is 0 Å². The van der Waals surface area contributed by atoms with E-state index in [1.165, 1.54) is 0 Å². The average molecular weight is 512 g/mol. The quantitative estimate of drug-likeness (QED) is 0.278. The topological polar surface area (TPSA) is 50.7 Å². The Hall–Kier alpha value is -2.41. The first-order valence-electron chi connectivity index (χ1n) is 10.6. The van der Waals surface area contributed by atoms with Gasteiger partial charge in [0.15, 0.2) is 0 Å². The third-order valence-electron chi connectivity index (χ3n) is 5.28. The second-order valence-electron chi connectivity index (χ2n) is 7.56. The predicted octanol–water partition coefficient (Wildman–Crippen LogP) is 6.55. The summed E-state index contributed by atoms with van der Waals surface area (Å²) in [6, 6.07) is 23.1. The lowest BCUT2D eigenvalue weighted by molar-refractivity contribution is 0.162. The maximum Gasteiger partial charge on any atom is 0.148 e. The van der Waals surface area contributed by atoms with Gasteiger partial charge in [-0.2, -0.15) is 0 Å². The zero-order chi connectivity index (χ0) is 22.3. The molecule has 4 rings (SSSR count). The minimum absolute atomic E-state index is 0.224. The van der Waals surface area contributed by atoms with Crippen molar-refractivity contribution in [2.45, 2.75) is 18.9 Å². The van der Waals surface area contributed by atoms with Gasteiger partial charge in [0, 0.05) is 10.0 Å². The van der Waals surface area contributed by atoms with Gasteiger partial charge in [-0.1, -0.05) is 28.1 Å². The van der Waals surface area contributed by atoms with Gasteiger partial charge in [-0.3, -0.25) is 0 Å². The number of nitrogens with one attached hydrogen (secondary N) is 1. The highest BCUT2D eigenvalue weighted by molar-refractivity contribution is 9.10. The number of phenolic OH excluding ortho intramolecular Hbond substituents is 1. The van der Waals surface area contributed by atoms with Crippen molar-refractivity contribution in [3.8, 4) is 17.2 Å². The summed E-state index contributed by atoms with van der Waals surface area (Å²) in [6.45, 7) is 2.00. The van der Waals surface area contributed by atoms with E-state index in [2.05, 4.69) is 33.4 Å². The molecule has 0 aliphatic carbocycles. The molecule has 166 valence electrons. The van der Waals surface area contributed by atoms with Gasteiger partial charge in [-0.15, -0.1) is 11.8 Å². The highest BCUT2D eigenvalue weighted by atomic mass is 79.9. The normalized spacial score (nSPS) is 15.2. The summed E-state index contributed by atoms with van der Waals surface area (Å²) in [6.07, 6.45) is 4.35. The van der Waals surface area contributed by atoms with Crippen LogP contribution in [0.2, 0.25) is 0 Å². The highest BCUT2D eigenvalue weighted by Gasteiger charge is 2.16. The van der Waals surface area contributed by atoms with Crippen molar-refractivity contribution in [3.05, 3.63) is 88.4 Å². The lowest BCUT2D eigenvalue weighted by Gasteiger charge is -2.24.